The predicted molar refractivity (Wildman–Crippen MR) is 52.6 cm³/mol. The Morgan fingerprint density at radius 1 is 1.35 bits per heavy atom. The van der Waals surface area contributed by atoms with Crippen molar-refractivity contribution in [3.63, 3.8) is 0 Å². The Morgan fingerprint density at radius 2 is 2.06 bits per heavy atom. The van der Waals surface area contributed by atoms with Gasteiger partial charge in [0.25, 0.3) is 0 Å². The van der Waals surface area contributed by atoms with E-state index in [4.69, 9.17) is 0 Å². The number of hydrogen-bond donors (Lipinski definition) is 1. The van der Waals surface area contributed by atoms with Crippen LogP contribution in [0.15, 0.2) is 18.2 Å². The molecule has 0 amide bonds. The lowest BCUT2D eigenvalue weighted by molar-refractivity contribution is -0.141. The van der Waals surface area contributed by atoms with Crippen molar-refractivity contribution in [1.82, 2.24) is 10.2 Å². The normalized spacial score (nSPS) is 11.8. The Balaban J connectivity index is 2.52. The molecular formula is C11H7F4N2. The summed E-state index contributed by atoms with van der Waals surface area (Å²) >= 11 is 0. The van der Waals surface area contributed by atoms with Gasteiger partial charge in [-0.05, 0) is 13.0 Å². The maximum Gasteiger partial charge on any atom is 0.435 e. The summed E-state index contributed by atoms with van der Waals surface area (Å²) in [5.41, 5.74) is -0.573. The van der Waals surface area contributed by atoms with Crippen LogP contribution in [0.2, 0.25) is 0 Å². The first-order valence-electron chi connectivity index (χ1n) is 4.69. The molecule has 1 radical (unpaired) electrons. The third-order valence-corrected chi connectivity index (χ3v) is 2.33. The molecule has 1 aromatic carbocycles. The van der Waals surface area contributed by atoms with Crippen LogP contribution in [0.1, 0.15) is 11.3 Å². The van der Waals surface area contributed by atoms with Crippen LogP contribution < -0.4 is 0 Å². The van der Waals surface area contributed by atoms with Gasteiger partial charge in [0.2, 0.25) is 0 Å². The van der Waals surface area contributed by atoms with Gasteiger partial charge < -0.3 is 0 Å². The van der Waals surface area contributed by atoms with E-state index in [1.165, 1.54) is 19.1 Å². The summed E-state index contributed by atoms with van der Waals surface area (Å²) < 4.78 is 50.4. The van der Waals surface area contributed by atoms with Crippen LogP contribution >= 0.6 is 0 Å². The van der Waals surface area contributed by atoms with Crippen molar-refractivity contribution in [3.8, 4) is 11.3 Å². The second-order valence-corrected chi connectivity index (χ2v) is 3.50. The molecule has 0 saturated heterocycles. The van der Waals surface area contributed by atoms with Gasteiger partial charge in [0.15, 0.2) is 5.69 Å². The molecule has 0 saturated carbocycles. The van der Waals surface area contributed by atoms with Crippen molar-refractivity contribution < 1.29 is 17.6 Å². The number of halogens is 4. The van der Waals surface area contributed by atoms with Crippen molar-refractivity contribution in [3.05, 3.63) is 41.3 Å². The molecule has 0 aliphatic carbocycles. The zero-order valence-electron chi connectivity index (χ0n) is 8.69. The van der Waals surface area contributed by atoms with E-state index in [-0.39, 0.29) is 11.3 Å². The Morgan fingerprint density at radius 3 is 2.59 bits per heavy atom. The summed E-state index contributed by atoms with van der Waals surface area (Å²) in [7, 11) is 0. The average Bonchev–Trinajstić information content (AvgIpc) is 2.59. The highest BCUT2D eigenvalue weighted by Crippen LogP contribution is 2.34. The molecule has 0 fully saturated rings. The van der Waals surface area contributed by atoms with E-state index >= 15 is 0 Å². The van der Waals surface area contributed by atoms with Gasteiger partial charge in [-0.3, -0.25) is 5.10 Å². The molecule has 0 spiro atoms. The van der Waals surface area contributed by atoms with E-state index in [1.54, 1.807) is 0 Å². The number of nitrogens with zero attached hydrogens (tertiary/aromatic N) is 1. The molecule has 0 atom stereocenters. The van der Waals surface area contributed by atoms with Crippen LogP contribution in [-0.4, -0.2) is 10.2 Å². The van der Waals surface area contributed by atoms with Gasteiger partial charge in [0, 0.05) is 17.2 Å². The molecule has 6 heteroatoms. The Labute approximate surface area is 94.3 Å². The van der Waals surface area contributed by atoms with Gasteiger partial charge >= 0.3 is 6.18 Å². The van der Waals surface area contributed by atoms with Crippen LogP contribution in [-0.2, 0) is 6.18 Å². The Hall–Kier alpha value is -1.85. The topological polar surface area (TPSA) is 28.7 Å². The molecule has 2 aromatic rings. The lowest BCUT2D eigenvalue weighted by atomic mass is 10.1. The minimum atomic E-state index is -4.52. The fourth-order valence-corrected chi connectivity index (χ4v) is 1.55. The summed E-state index contributed by atoms with van der Waals surface area (Å²) in [5.74, 6) is -0.634. The lowest BCUT2D eigenvalue weighted by Gasteiger charge is -2.03. The Bertz CT molecular complexity index is 543. The maximum absolute atomic E-state index is 12.9. The van der Waals surface area contributed by atoms with Crippen molar-refractivity contribution in [2.24, 2.45) is 0 Å². The number of hydrogen-bond acceptors (Lipinski definition) is 1. The number of aromatic amines is 1. The van der Waals surface area contributed by atoms with Gasteiger partial charge in [0.05, 0.1) is 5.69 Å². The van der Waals surface area contributed by atoms with Gasteiger partial charge in [-0.1, -0.05) is 12.1 Å². The summed E-state index contributed by atoms with van der Waals surface area (Å²) in [6.07, 6.45) is -4.52. The van der Waals surface area contributed by atoms with Gasteiger partial charge in [-0.2, -0.15) is 18.3 Å². The highest BCUT2D eigenvalue weighted by Gasteiger charge is 2.36. The average molecular weight is 243 g/mol. The van der Waals surface area contributed by atoms with E-state index in [0.717, 1.165) is 6.07 Å². The molecule has 1 N–H and O–H groups in total. The minimum absolute atomic E-state index is 0.0527. The van der Waals surface area contributed by atoms with Crippen LogP contribution in [0, 0.1) is 18.8 Å². The third kappa shape index (κ3) is 2.15. The third-order valence-electron chi connectivity index (χ3n) is 2.33. The zero-order chi connectivity index (χ0) is 12.6. The number of rotatable bonds is 1. The fraction of sp³-hybridized carbons (Fsp3) is 0.182. The van der Waals surface area contributed by atoms with Crippen molar-refractivity contribution >= 4 is 0 Å². The predicted octanol–water partition coefficient (Wildman–Crippen LogP) is 3.34. The molecule has 0 aliphatic rings. The standard InChI is InChI=1S/C11H7F4N2/c1-6-9(7-3-2-4-8(12)5-7)16-17-10(6)11(13,14)15/h2-3,5H,1H3,(H,16,17). The molecule has 2 nitrogen and oxygen atoms in total. The second-order valence-electron chi connectivity index (χ2n) is 3.50. The quantitative estimate of drug-likeness (QED) is 0.764. The molecule has 1 heterocycles. The lowest BCUT2D eigenvalue weighted by Crippen LogP contribution is -2.07. The Kier molecular flexibility index (Phi) is 2.65. The molecule has 2 rings (SSSR count). The van der Waals surface area contributed by atoms with E-state index < -0.39 is 17.7 Å². The molecular weight excluding hydrogens is 236 g/mol. The van der Waals surface area contributed by atoms with Crippen LogP contribution in [0.4, 0.5) is 17.6 Å². The van der Waals surface area contributed by atoms with Crippen LogP contribution in [0.3, 0.4) is 0 Å². The zero-order valence-corrected chi connectivity index (χ0v) is 8.69. The van der Waals surface area contributed by atoms with E-state index in [1.807, 2.05) is 0 Å². The van der Waals surface area contributed by atoms with Gasteiger partial charge in [0.1, 0.15) is 5.82 Å². The van der Waals surface area contributed by atoms with Crippen molar-refractivity contribution in [1.29, 1.82) is 0 Å². The van der Waals surface area contributed by atoms with E-state index in [0.29, 0.717) is 5.56 Å². The molecule has 0 bridgehead atoms. The van der Waals surface area contributed by atoms with Crippen LogP contribution in [0.5, 0.6) is 0 Å². The molecule has 0 aliphatic heterocycles. The SMILES string of the molecule is Cc1c(C(F)(F)F)n[nH]c1-c1cc[c]c(F)c1. The second kappa shape index (κ2) is 3.87. The molecule has 17 heavy (non-hydrogen) atoms. The summed E-state index contributed by atoms with van der Waals surface area (Å²) in [5, 5.41) is 5.48. The number of benzene rings is 1. The maximum atomic E-state index is 12.9. The van der Waals surface area contributed by atoms with Crippen LogP contribution in [0.25, 0.3) is 11.3 Å². The van der Waals surface area contributed by atoms with Crippen molar-refractivity contribution in [2.45, 2.75) is 13.1 Å². The molecule has 89 valence electrons. The molecule has 0 unspecified atom stereocenters. The summed E-state index contributed by atoms with van der Waals surface area (Å²) in [6.45, 7) is 1.29. The first kappa shape index (κ1) is 11.6. The van der Waals surface area contributed by atoms with Crippen molar-refractivity contribution in [2.75, 3.05) is 0 Å². The summed E-state index contributed by atoms with van der Waals surface area (Å²) in [6, 6.07) is 6.14. The number of H-pyrrole nitrogens is 1. The minimum Gasteiger partial charge on any atom is -0.277 e. The highest BCUT2D eigenvalue weighted by molar-refractivity contribution is 5.63. The number of nitrogens with one attached hydrogen (secondary N) is 1. The first-order chi connectivity index (χ1) is 7.89. The number of aromatic nitrogens is 2. The fourth-order valence-electron chi connectivity index (χ4n) is 1.55. The van der Waals surface area contributed by atoms with Gasteiger partial charge in [-0.25, -0.2) is 4.39 Å². The summed E-state index contributed by atoms with van der Waals surface area (Å²) in [4.78, 5) is 0. The van der Waals surface area contributed by atoms with Gasteiger partial charge in [-0.15, -0.1) is 0 Å². The number of alkyl halides is 3. The largest absolute Gasteiger partial charge is 0.435 e. The first-order valence-corrected chi connectivity index (χ1v) is 4.69. The van der Waals surface area contributed by atoms with E-state index in [2.05, 4.69) is 16.3 Å². The smallest absolute Gasteiger partial charge is 0.277 e. The van der Waals surface area contributed by atoms with E-state index in [9.17, 15) is 17.6 Å². The monoisotopic (exact) mass is 243 g/mol. The molecule has 1 aromatic heterocycles. The highest BCUT2D eigenvalue weighted by atomic mass is 19.4.